The van der Waals surface area contributed by atoms with Crippen molar-refractivity contribution in [3.05, 3.63) is 23.1 Å². The third-order valence-electron chi connectivity index (χ3n) is 1.64. The molecule has 86 valence electrons. The summed E-state index contributed by atoms with van der Waals surface area (Å²) in [5, 5.41) is 11.0. The van der Waals surface area contributed by atoms with Crippen molar-refractivity contribution in [2.45, 2.75) is 26.3 Å². The molecule has 0 aliphatic heterocycles. The first-order valence-corrected chi connectivity index (χ1v) is 4.49. The summed E-state index contributed by atoms with van der Waals surface area (Å²) in [6.45, 7) is 5.09. The first kappa shape index (κ1) is 12.3. The molecule has 16 heavy (non-hydrogen) atoms. The van der Waals surface area contributed by atoms with E-state index in [2.05, 4.69) is 10.3 Å². The molecule has 0 saturated carbocycles. The highest BCUT2D eigenvalue weighted by Crippen LogP contribution is 2.22. The van der Waals surface area contributed by atoms with Crippen molar-refractivity contribution < 1.29 is 13.2 Å². The molecule has 0 bridgehead atoms. The summed E-state index contributed by atoms with van der Waals surface area (Å²) >= 11 is 0. The van der Waals surface area contributed by atoms with Gasteiger partial charge in [0.25, 0.3) is 5.95 Å². The van der Waals surface area contributed by atoms with E-state index in [9.17, 15) is 13.2 Å². The average Bonchev–Trinajstić information content (AvgIpc) is 2.13. The quantitative estimate of drug-likeness (QED) is 0.753. The highest BCUT2D eigenvalue weighted by molar-refractivity contribution is 5.47. The van der Waals surface area contributed by atoms with E-state index in [1.54, 1.807) is 20.8 Å². The number of nitriles is 1. The summed E-state index contributed by atoms with van der Waals surface area (Å²) in [5.74, 6) is -4.72. The van der Waals surface area contributed by atoms with Crippen LogP contribution in [0, 0.1) is 28.9 Å². The van der Waals surface area contributed by atoms with Gasteiger partial charge in [-0.3, -0.25) is 0 Å². The van der Waals surface area contributed by atoms with E-state index in [-0.39, 0.29) is 0 Å². The van der Waals surface area contributed by atoms with Crippen LogP contribution in [0.2, 0.25) is 0 Å². The van der Waals surface area contributed by atoms with Crippen molar-refractivity contribution in [2.24, 2.45) is 0 Å². The third kappa shape index (κ3) is 2.42. The SMILES string of the molecule is CC(C)(C)Nc1nc(F)c(F)c(C#N)c1F. The van der Waals surface area contributed by atoms with Crippen LogP contribution in [0.5, 0.6) is 0 Å². The average molecular weight is 229 g/mol. The maximum Gasteiger partial charge on any atom is 0.252 e. The van der Waals surface area contributed by atoms with Gasteiger partial charge in [-0.05, 0) is 20.8 Å². The van der Waals surface area contributed by atoms with Gasteiger partial charge in [-0.25, -0.2) is 8.78 Å². The smallest absolute Gasteiger partial charge is 0.252 e. The zero-order valence-electron chi connectivity index (χ0n) is 9.03. The molecule has 0 aliphatic rings. The van der Waals surface area contributed by atoms with Gasteiger partial charge in [0.15, 0.2) is 17.5 Å². The lowest BCUT2D eigenvalue weighted by Crippen LogP contribution is -2.28. The summed E-state index contributed by atoms with van der Waals surface area (Å²) in [5.41, 5.74) is -1.55. The Labute approximate surface area is 90.9 Å². The zero-order chi connectivity index (χ0) is 12.5. The lowest BCUT2D eigenvalue weighted by atomic mass is 10.1. The topological polar surface area (TPSA) is 48.7 Å². The number of rotatable bonds is 1. The van der Waals surface area contributed by atoms with Gasteiger partial charge in [0, 0.05) is 5.54 Å². The van der Waals surface area contributed by atoms with E-state index in [0.29, 0.717) is 0 Å². The Morgan fingerprint density at radius 1 is 1.19 bits per heavy atom. The van der Waals surface area contributed by atoms with E-state index in [1.807, 2.05) is 0 Å². The van der Waals surface area contributed by atoms with Gasteiger partial charge < -0.3 is 5.32 Å². The number of hydrogen-bond donors (Lipinski definition) is 1. The largest absolute Gasteiger partial charge is 0.363 e. The third-order valence-corrected chi connectivity index (χ3v) is 1.64. The predicted octanol–water partition coefficient (Wildman–Crippen LogP) is 2.58. The molecule has 0 unspecified atom stereocenters. The fourth-order valence-corrected chi connectivity index (χ4v) is 1.05. The van der Waals surface area contributed by atoms with Crippen molar-refractivity contribution in [3.63, 3.8) is 0 Å². The molecule has 1 rings (SSSR count). The van der Waals surface area contributed by atoms with Crippen LogP contribution in [-0.4, -0.2) is 10.5 Å². The van der Waals surface area contributed by atoms with Crippen LogP contribution in [0.15, 0.2) is 0 Å². The molecule has 1 N–H and O–H groups in total. The molecule has 6 heteroatoms. The Balaban J connectivity index is 3.33. The molecule has 0 aromatic carbocycles. The number of nitrogens with zero attached hydrogens (tertiary/aromatic N) is 2. The lowest BCUT2D eigenvalue weighted by Gasteiger charge is -2.21. The van der Waals surface area contributed by atoms with Crippen molar-refractivity contribution >= 4 is 5.82 Å². The molecule has 1 aromatic rings. The van der Waals surface area contributed by atoms with Crippen LogP contribution in [0.4, 0.5) is 19.0 Å². The van der Waals surface area contributed by atoms with Crippen molar-refractivity contribution in [1.82, 2.24) is 4.98 Å². The zero-order valence-corrected chi connectivity index (χ0v) is 9.03. The predicted molar refractivity (Wildman–Crippen MR) is 52.2 cm³/mol. The molecular formula is C10H10F3N3. The minimum Gasteiger partial charge on any atom is -0.363 e. The van der Waals surface area contributed by atoms with Crippen LogP contribution < -0.4 is 5.32 Å². The highest BCUT2D eigenvalue weighted by atomic mass is 19.2. The monoisotopic (exact) mass is 229 g/mol. The Morgan fingerprint density at radius 3 is 2.19 bits per heavy atom. The van der Waals surface area contributed by atoms with E-state index < -0.39 is 34.5 Å². The van der Waals surface area contributed by atoms with Gasteiger partial charge in [-0.15, -0.1) is 0 Å². The maximum atomic E-state index is 13.5. The van der Waals surface area contributed by atoms with Crippen molar-refractivity contribution in [1.29, 1.82) is 5.26 Å². The first-order chi connectivity index (χ1) is 7.26. The van der Waals surface area contributed by atoms with Gasteiger partial charge in [-0.2, -0.15) is 14.6 Å². The number of nitrogens with one attached hydrogen (secondary N) is 1. The molecule has 0 spiro atoms. The van der Waals surface area contributed by atoms with Crippen LogP contribution in [0.1, 0.15) is 26.3 Å². The molecule has 0 amide bonds. The standard InChI is InChI=1S/C10H10F3N3/c1-10(2,3)16-9-7(12)5(4-14)6(11)8(13)15-9/h1-3H3,(H,15,16). The maximum absolute atomic E-state index is 13.5. The molecule has 0 radical (unpaired) electrons. The lowest BCUT2D eigenvalue weighted by molar-refractivity contribution is 0.460. The van der Waals surface area contributed by atoms with Gasteiger partial charge in [0.2, 0.25) is 0 Å². The van der Waals surface area contributed by atoms with Crippen molar-refractivity contribution in [3.8, 4) is 6.07 Å². The number of halogens is 3. The Bertz CT molecular complexity index is 458. The molecule has 0 atom stereocenters. The molecule has 0 fully saturated rings. The molecule has 1 aromatic heterocycles. The number of pyridine rings is 1. The molecule has 1 heterocycles. The second-order valence-corrected chi connectivity index (χ2v) is 4.24. The van der Waals surface area contributed by atoms with Crippen LogP contribution in [-0.2, 0) is 0 Å². The van der Waals surface area contributed by atoms with E-state index in [1.165, 1.54) is 6.07 Å². The fourth-order valence-electron chi connectivity index (χ4n) is 1.05. The summed E-state index contributed by atoms with van der Waals surface area (Å²) < 4.78 is 39.4. The van der Waals surface area contributed by atoms with E-state index in [0.717, 1.165) is 0 Å². The second-order valence-electron chi connectivity index (χ2n) is 4.24. The van der Waals surface area contributed by atoms with Crippen LogP contribution in [0.3, 0.4) is 0 Å². The normalized spacial score (nSPS) is 11.1. The second kappa shape index (κ2) is 4.00. The highest BCUT2D eigenvalue weighted by Gasteiger charge is 2.22. The van der Waals surface area contributed by atoms with Gasteiger partial charge in [0.05, 0.1) is 0 Å². The first-order valence-electron chi connectivity index (χ1n) is 4.49. The van der Waals surface area contributed by atoms with Gasteiger partial charge in [-0.1, -0.05) is 0 Å². The summed E-state index contributed by atoms with van der Waals surface area (Å²) in [7, 11) is 0. The number of aromatic nitrogens is 1. The molecule has 3 nitrogen and oxygen atoms in total. The van der Waals surface area contributed by atoms with Crippen LogP contribution in [0.25, 0.3) is 0 Å². The van der Waals surface area contributed by atoms with E-state index in [4.69, 9.17) is 5.26 Å². The summed E-state index contributed by atoms with van der Waals surface area (Å²) in [6.07, 6.45) is 0. The van der Waals surface area contributed by atoms with E-state index >= 15 is 0 Å². The fraction of sp³-hybridized carbons (Fsp3) is 0.400. The summed E-state index contributed by atoms with van der Waals surface area (Å²) in [6, 6.07) is 1.26. The minimum absolute atomic E-state index is 0.469. The number of hydrogen-bond acceptors (Lipinski definition) is 3. The van der Waals surface area contributed by atoms with Gasteiger partial charge >= 0.3 is 0 Å². The Hall–Kier alpha value is -1.77. The molecule has 0 saturated heterocycles. The molecule has 0 aliphatic carbocycles. The van der Waals surface area contributed by atoms with Crippen molar-refractivity contribution in [2.75, 3.05) is 5.32 Å². The van der Waals surface area contributed by atoms with Gasteiger partial charge in [0.1, 0.15) is 11.6 Å². The minimum atomic E-state index is -1.57. The molecular weight excluding hydrogens is 219 g/mol. The summed E-state index contributed by atoms with van der Waals surface area (Å²) in [4.78, 5) is 3.09. The van der Waals surface area contributed by atoms with Crippen LogP contribution >= 0.6 is 0 Å². The Kier molecular flexibility index (Phi) is 3.08. The number of anilines is 1. The Morgan fingerprint density at radius 2 is 1.75 bits per heavy atom.